The first-order chi connectivity index (χ1) is 8.19. The van der Waals surface area contributed by atoms with Crippen LogP contribution in [0.4, 0.5) is 10.1 Å². The minimum absolute atomic E-state index is 0.187. The van der Waals surface area contributed by atoms with Gasteiger partial charge in [0, 0.05) is 12.1 Å². The zero-order valence-electron chi connectivity index (χ0n) is 10.5. The quantitative estimate of drug-likeness (QED) is 0.588. The van der Waals surface area contributed by atoms with E-state index in [2.05, 4.69) is 6.92 Å². The highest BCUT2D eigenvalue weighted by Gasteiger charge is 2.09. The van der Waals surface area contributed by atoms with E-state index in [0.717, 1.165) is 19.3 Å². The van der Waals surface area contributed by atoms with Crippen molar-refractivity contribution in [2.75, 3.05) is 18.9 Å². The second-order valence-corrected chi connectivity index (χ2v) is 3.81. The molecule has 2 N–H and O–H groups in total. The van der Waals surface area contributed by atoms with Crippen molar-refractivity contribution < 1.29 is 13.9 Å². The summed E-state index contributed by atoms with van der Waals surface area (Å²) in [5.74, 6) is 0.225. The van der Waals surface area contributed by atoms with Crippen LogP contribution in [-0.4, -0.2) is 13.2 Å². The van der Waals surface area contributed by atoms with Crippen LogP contribution in [0.5, 0.6) is 11.5 Å². The van der Waals surface area contributed by atoms with Crippen molar-refractivity contribution in [2.24, 2.45) is 0 Å². The van der Waals surface area contributed by atoms with Crippen molar-refractivity contribution in [3.05, 3.63) is 17.9 Å². The zero-order chi connectivity index (χ0) is 12.7. The SMILES string of the molecule is CCCCCOc1cc(OCC)c(F)cc1N. The molecule has 96 valence electrons. The van der Waals surface area contributed by atoms with E-state index in [1.807, 2.05) is 0 Å². The Hall–Kier alpha value is -1.45. The third-order valence-corrected chi connectivity index (χ3v) is 2.37. The van der Waals surface area contributed by atoms with Crippen LogP contribution in [0.1, 0.15) is 33.1 Å². The van der Waals surface area contributed by atoms with Crippen LogP contribution in [0.25, 0.3) is 0 Å². The first-order valence-corrected chi connectivity index (χ1v) is 6.03. The molecule has 4 heteroatoms. The lowest BCUT2D eigenvalue weighted by Gasteiger charge is -2.11. The van der Waals surface area contributed by atoms with Gasteiger partial charge >= 0.3 is 0 Å². The molecule has 0 bridgehead atoms. The first-order valence-electron chi connectivity index (χ1n) is 6.03. The normalized spacial score (nSPS) is 10.3. The lowest BCUT2D eigenvalue weighted by Crippen LogP contribution is -2.03. The van der Waals surface area contributed by atoms with Gasteiger partial charge in [-0.3, -0.25) is 0 Å². The molecule has 1 aromatic rings. The van der Waals surface area contributed by atoms with Crippen LogP contribution in [-0.2, 0) is 0 Å². The maximum absolute atomic E-state index is 13.4. The fraction of sp³-hybridized carbons (Fsp3) is 0.538. The highest BCUT2D eigenvalue weighted by molar-refractivity contribution is 5.56. The van der Waals surface area contributed by atoms with Gasteiger partial charge in [0.2, 0.25) is 0 Å². The van der Waals surface area contributed by atoms with E-state index in [4.69, 9.17) is 15.2 Å². The number of rotatable bonds is 7. The summed E-state index contributed by atoms with van der Waals surface area (Å²) in [4.78, 5) is 0. The fourth-order valence-corrected chi connectivity index (χ4v) is 1.48. The molecule has 0 aliphatic carbocycles. The molecule has 0 aliphatic heterocycles. The lowest BCUT2D eigenvalue weighted by molar-refractivity contribution is 0.296. The third kappa shape index (κ3) is 4.13. The number of ether oxygens (including phenoxy) is 2. The van der Waals surface area contributed by atoms with Gasteiger partial charge in [-0.15, -0.1) is 0 Å². The van der Waals surface area contributed by atoms with Crippen molar-refractivity contribution in [3.8, 4) is 11.5 Å². The van der Waals surface area contributed by atoms with Gasteiger partial charge in [0.1, 0.15) is 5.75 Å². The van der Waals surface area contributed by atoms with E-state index in [-0.39, 0.29) is 5.75 Å². The third-order valence-electron chi connectivity index (χ3n) is 2.37. The van der Waals surface area contributed by atoms with Gasteiger partial charge in [0.15, 0.2) is 11.6 Å². The number of anilines is 1. The molecule has 0 aromatic heterocycles. The van der Waals surface area contributed by atoms with Gasteiger partial charge in [-0.25, -0.2) is 4.39 Å². The average molecular weight is 241 g/mol. The number of nitrogens with two attached hydrogens (primary N) is 1. The summed E-state index contributed by atoms with van der Waals surface area (Å²) in [6.07, 6.45) is 3.21. The van der Waals surface area contributed by atoms with Crippen LogP contribution in [0.3, 0.4) is 0 Å². The Labute approximate surface area is 102 Å². The molecule has 0 spiro atoms. The van der Waals surface area contributed by atoms with Gasteiger partial charge in [0.05, 0.1) is 18.9 Å². The Morgan fingerprint density at radius 2 is 1.88 bits per heavy atom. The van der Waals surface area contributed by atoms with Crippen LogP contribution >= 0.6 is 0 Å². The molecule has 0 radical (unpaired) electrons. The van der Waals surface area contributed by atoms with E-state index in [1.54, 1.807) is 6.92 Å². The van der Waals surface area contributed by atoms with Crippen LogP contribution in [0.15, 0.2) is 12.1 Å². The van der Waals surface area contributed by atoms with Crippen molar-refractivity contribution in [1.29, 1.82) is 0 Å². The molecule has 1 aromatic carbocycles. The van der Waals surface area contributed by atoms with Gasteiger partial charge in [-0.05, 0) is 13.3 Å². The standard InChI is InChI=1S/C13H20FNO2/c1-3-5-6-7-17-13-9-12(16-4-2)10(14)8-11(13)15/h8-9H,3-7,15H2,1-2H3. The molecule has 1 rings (SSSR count). The molecule has 0 aliphatic rings. The van der Waals surface area contributed by atoms with E-state index in [1.165, 1.54) is 12.1 Å². The Morgan fingerprint density at radius 3 is 2.53 bits per heavy atom. The molecule has 3 nitrogen and oxygen atoms in total. The maximum Gasteiger partial charge on any atom is 0.167 e. The molecule has 0 fully saturated rings. The molecular formula is C13H20FNO2. The van der Waals surface area contributed by atoms with Crippen LogP contribution in [0, 0.1) is 5.82 Å². The second-order valence-electron chi connectivity index (χ2n) is 3.81. The van der Waals surface area contributed by atoms with E-state index < -0.39 is 5.82 Å². The Morgan fingerprint density at radius 1 is 1.12 bits per heavy atom. The maximum atomic E-state index is 13.4. The molecule has 0 saturated carbocycles. The first kappa shape index (κ1) is 13.6. The van der Waals surface area contributed by atoms with E-state index in [0.29, 0.717) is 24.7 Å². The summed E-state index contributed by atoms with van der Waals surface area (Å²) in [6.45, 7) is 4.93. The average Bonchev–Trinajstić information content (AvgIpc) is 2.30. The summed E-state index contributed by atoms with van der Waals surface area (Å²) in [5.41, 5.74) is 5.99. The molecule has 0 heterocycles. The Kier molecular flexibility index (Phi) is 5.60. The number of hydrogen-bond donors (Lipinski definition) is 1. The fourth-order valence-electron chi connectivity index (χ4n) is 1.48. The van der Waals surface area contributed by atoms with E-state index >= 15 is 0 Å². The minimum Gasteiger partial charge on any atom is -0.491 e. The van der Waals surface area contributed by atoms with Crippen molar-refractivity contribution in [3.63, 3.8) is 0 Å². The largest absolute Gasteiger partial charge is 0.491 e. The summed E-state index contributed by atoms with van der Waals surface area (Å²) in [5, 5.41) is 0. The molecule has 0 atom stereocenters. The van der Waals surface area contributed by atoms with Crippen molar-refractivity contribution in [2.45, 2.75) is 33.1 Å². The van der Waals surface area contributed by atoms with Crippen LogP contribution < -0.4 is 15.2 Å². The predicted molar refractivity (Wildman–Crippen MR) is 67.0 cm³/mol. The highest BCUT2D eigenvalue weighted by atomic mass is 19.1. The molecule has 0 saturated heterocycles. The monoisotopic (exact) mass is 241 g/mol. The highest BCUT2D eigenvalue weighted by Crippen LogP contribution is 2.30. The number of nitrogen functional groups attached to an aromatic ring is 1. The van der Waals surface area contributed by atoms with Gasteiger partial charge in [-0.1, -0.05) is 19.8 Å². The summed E-state index contributed by atoms with van der Waals surface area (Å²) >= 11 is 0. The van der Waals surface area contributed by atoms with Crippen molar-refractivity contribution in [1.82, 2.24) is 0 Å². The molecule has 0 amide bonds. The molecular weight excluding hydrogens is 221 g/mol. The van der Waals surface area contributed by atoms with Gasteiger partial charge < -0.3 is 15.2 Å². The molecule has 17 heavy (non-hydrogen) atoms. The zero-order valence-corrected chi connectivity index (χ0v) is 10.5. The van der Waals surface area contributed by atoms with Gasteiger partial charge in [0.25, 0.3) is 0 Å². The van der Waals surface area contributed by atoms with Gasteiger partial charge in [-0.2, -0.15) is 0 Å². The molecule has 0 unspecified atom stereocenters. The number of unbranched alkanes of at least 4 members (excludes halogenated alkanes) is 2. The lowest BCUT2D eigenvalue weighted by atomic mass is 10.2. The van der Waals surface area contributed by atoms with E-state index in [9.17, 15) is 4.39 Å². The number of benzene rings is 1. The Bertz CT molecular complexity index is 356. The smallest absolute Gasteiger partial charge is 0.167 e. The van der Waals surface area contributed by atoms with Crippen LogP contribution in [0.2, 0.25) is 0 Å². The Balaban J connectivity index is 2.66. The van der Waals surface area contributed by atoms with Crippen molar-refractivity contribution >= 4 is 5.69 Å². The summed E-state index contributed by atoms with van der Waals surface area (Å²) in [6, 6.07) is 2.75. The summed E-state index contributed by atoms with van der Waals surface area (Å²) in [7, 11) is 0. The summed E-state index contributed by atoms with van der Waals surface area (Å²) < 4.78 is 24.1. The second kappa shape index (κ2) is 6.99. The topological polar surface area (TPSA) is 44.5 Å². The predicted octanol–water partition coefficient (Wildman–Crippen LogP) is 3.38. The minimum atomic E-state index is -0.453. The number of hydrogen-bond acceptors (Lipinski definition) is 3. The number of halogens is 1.